The topological polar surface area (TPSA) is 68.2 Å². The van der Waals surface area contributed by atoms with E-state index in [1.54, 1.807) is 26.4 Å². The first kappa shape index (κ1) is 20.2. The molecule has 1 fully saturated rings. The lowest BCUT2D eigenvalue weighted by Crippen LogP contribution is -2.36. The number of ketones is 1. The van der Waals surface area contributed by atoms with E-state index in [1.807, 2.05) is 36.5 Å². The molecular weight excluding hydrogens is 376 g/mol. The predicted molar refractivity (Wildman–Crippen MR) is 116 cm³/mol. The highest BCUT2D eigenvalue weighted by atomic mass is 16.5. The standard InChI is InChI=1S/C24H26N4O2/c1-17(29)16-28-12-8-18(9-13-28)23-22(20-4-3-5-21(14-20)30-2)15-26-24(27-23)19-6-10-25-11-7-19/h3-7,10-11,14-15,18H,8-9,12-13,16H2,1-2H3. The quantitative estimate of drug-likeness (QED) is 0.621. The Morgan fingerprint density at radius 3 is 2.60 bits per heavy atom. The number of Topliss-reactive ketones (excluding diaryl/α,β-unsaturated/α-hetero) is 1. The summed E-state index contributed by atoms with van der Waals surface area (Å²) in [5.74, 6) is 2.06. The average molecular weight is 402 g/mol. The number of nitrogens with zero attached hydrogens (tertiary/aromatic N) is 4. The molecule has 30 heavy (non-hydrogen) atoms. The number of carbonyl (C=O) groups is 1. The maximum absolute atomic E-state index is 11.5. The lowest BCUT2D eigenvalue weighted by atomic mass is 9.88. The van der Waals surface area contributed by atoms with Crippen LogP contribution in [0.5, 0.6) is 5.75 Å². The summed E-state index contributed by atoms with van der Waals surface area (Å²) >= 11 is 0. The van der Waals surface area contributed by atoms with Gasteiger partial charge in [0.2, 0.25) is 0 Å². The zero-order valence-corrected chi connectivity index (χ0v) is 17.4. The molecule has 2 aromatic heterocycles. The summed E-state index contributed by atoms with van der Waals surface area (Å²) in [6, 6.07) is 11.9. The van der Waals surface area contributed by atoms with Crippen LogP contribution in [0, 0.1) is 0 Å². The van der Waals surface area contributed by atoms with Gasteiger partial charge in [0.1, 0.15) is 11.5 Å². The van der Waals surface area contributed by atoms with Gasteiger partial charge in [-0.05, 0) is 62.7 Å². The largest absolute Gasteiger partial charge is 0.497 e. The number of benzene rings is 1. The molecule has 0 amide bonds. The molecule has 6 heteroatoms. The first-order chi connectivity index (χ1) is 14.6. The summed E-state index contributed by atoms with van der Waals surface area (Å²) in [5.41, 5.74) is 4.11. The maximum Gasteiger partial charge on any atom is 0.159 e. The lowest BCUT2D eigenvalue weighted by molar-refractivity contribution is -0.118. The monoisotopic (exact) mass is 402 g/mol. The third kappa shape index (κ3) is 4.54. The molecule has 0 aliphatic carbocycles. The van der Waals surface area contributed by atoms with Crippen LogP contribution < -0.4 is 4.74 Å². The van der Waals surface area contributed by atoms with Crippen LogP contribution in [0.3, 0.4) is 0 Å². The fourth-order valence-corrected chi connectivity index (χ4v) is 4.04. The minimum atomic E-state index is 0.215. The molecular formula is C24H26N4O2. The number of piperidine rings is 1. The Kier molecular flexibility index (Phi) is 6.14. The van der Waals surface area contributed by atoms with Crippen LogP contribution in [0.4, 0.5) is 0 Å². The minimum absolute atomic E-state index is 0.215. The van der Waals surface area contributed by atoms with Crippen LogP contribution in [0.2, 0.25) is 0 Å². The highest BCUT2D eigenvalue weighted by Crippen LogP contribution is 2.36. The number of ether oxygens (including phenoxy) is 1. The Morgan fingerprint density at radius 1 is 1.13 bits per heavy atom. The molecule has 0 saturated carbocycles. The van der Waals surface area contributed by atoms with E-state index in [2.05, 4.69) is 20.9 Å². The molecule has 1 aliphatic heterocycles. The van der Waals surface area contributed by atoms with Crippen LogP contribution in [0.15, 0.2) is 55.0 Å². The highest BCUT2D eigenvalue weighted by molar-refractivity contribution is 5.77. The van der Waals surface area contributed by atoms with Gasteiger partial charge in [-0.25, -0.2) is 9.97 Å². The molecule has 0 spiro atoms. The van der Waals surface area contributed by atoms with Gasteiger partial charge in [-0.15, -0.1) is 0 Å². The summed E-state index contributed by atoms with van der Waals surface area (Å²) in [6.45, 7) is 3.98. The number of likely N-dealkylation sites (tertiary alicyclic amines) is 1. The van der Waals surface area contributed by atoms with E-state index in [1.165, 1.54) is 0 Å². The number of methoxy groups -OCH3 is 1. The van der Waals surface area contributed by atoms with Crippen LogP contribution in [0.25, 0.3) is 22.5 Å². The summed E-state index contributed by atoms with van der Waals surface area (Å²) in [5, 5.41) is 0. The number of aromatic nitrogens is 3. The van der Waals surface area contributed by atoms with Crippen molar-refractivity contribution in [3.63, 3.8) is 0 Å². The van der Waals surface area contributed by atoms with E-state index in [-0.39, 0.29) is 5.78 Å². The van der Waals surface area contributed by atoms with Crippen molar-refractivity contribution in [3.8, 4) is 28.3 Å². The van der Waals surface area contributed by atoms with E-state index >= 15 is 0 Å². The first-order valence-electron chi connectivity index (χ1n) is 10.3. The van der Waals surface area contributed by atoms with Crippen molar-refractivity contribution in [2.45, 2.75) is 25.7 Å². The van der Waals surface area contributed by atoms with Gasteiger partial charge in [0.15, 0.2) is 5.82 Å². The number of pyridine rings is 1. The molecule has 154 valence electrons. The zero-order chi connectivity index (χ0) is 20.9. The van der Waals surface area contributed by atoms with E-state index in [9.17, 15) is 4.79 Å². The van der Waals surface area contributed by atoms with E-state index in [0.717, 1.165) is 54.1 Å². The Bertz CT molecular complexity index is 1010. The van der Waals surface area contributed by atoms with Crippen molar-refractivity contribution in [3.05, 3.63) is 60.7 Å². The van der Waals surface area contributed by atoms with E-state index < -0.39 is 0 Å². The lowest BCUT2D eigenvalue weighted by Gasteiger charge is -2.31. The number of hydrogen-bond acceptors (Lipinski definition) is 6. The molecule has 3 aromatic rings. The van der Waals surface area contributed by atoms with E-state index in [0.29, 0.717) is 18.3 Å². The third-order valence-electron chi connectivity index (χ3n) is 5.56. The third-order valence-corrected chi connectivity index (χ3v) is 5.56. The van der Waals surface area contributed by atoms with Gasteiger partial charge in [0.25, 0.3) is 0 Å². The molecule has 4 rings (SSSR count). The Morgan fingerprint density at radius 2 is 1.90 bits per heavy atom. The van der Waals surface area contributed by atoms with Crippen molar-refractivity contribution in [1.29, 1.82) is 0 Å². The van der Waals surface area contributed by atoms with Crippen LogP contribution in [-0.4, -0.2) is 52.4 Å². The Labute approximate surface area is 177 Å². The number of hydrogen-bond donors (Lipinski definition) is 0. The zero-order valence-electron chi connectivity index (χ0n) is 17.4. The van der Waals surface area contributed by atoms with Gasteiger partial charge in [-0.1, -0.05) is 12.1 Å². The summed E-state index contributed by atoms with van der Waals surface area (Å²) in [4.78, 5) is 27.5. The van der Waals surface area contributed by atoms with Crippen molar-refractivity contribution >= 4 is 5.78 Å². The van der Waals surface area contributed by atoms with Crippen molar-refractivity contribution in [2.75, 3.05) is 26.7 Å². The Balaban J connectivity index is 1.70. The van der Waals surface area contributed by atoms with E-state index in [4.69, 9.17) is 9.72 Å². The summed E-state index contributed by atoms with van der Waals surface area (Å²) in [7, 11) is 1.67. The van der Waals surface area contributed by atoms with Crippen molar-refractivity contribution in [1.82, 2.24) is 19.9 Å². The van der Waals surface area contributed by atoms with Crippen molar-refractivity contribution < 1.29 is 9.53 Å². The van der Waals surface area contributed by atoms with Crippen LogP contribution in [-0.2, 0) is 4.79 Å². The summed E-state index contributed by atoms with van der Waals surface area (Å²) < 4.78 is 5.42. The molecule has 1 aliphatic rings. The normalized spacial score (nSPS) is 15.1. The van der Waals surface area contributed by atoms with Gasteiger partial charge >= 0.3 is 0 Å². The molecule has 0 radical (unpaired) electrons. The molecule has 0 unspecified atom stereocenters. The second-order valence-electron chi connectivity index (χ2n) is 7.71. The molecule has 1 aromatic carbocycles. The molecule has 3 heterocycles. The number of rotatable bonds is 6. The van der Waals surface area contributed by atoms with Gasteiger partial charge in [0, 0.05) is 35.6 Å². The molecule has 0 bridgehead atoms. The first-order valence-corrected chi connectivity index (χ1v) is 10.3. The smallest absolute Gasteiger partial charge is 0.159 e. The maximum atomic E-state index is 11.5. The SMILES string of the molecule is COc1cccc(-c2cnc(-c3ccncc3)nc2C2CCN(CC(C)=O)CC2)c1. The van der Waals surface area contributed by atoms with Gasteiger partial charge in [0.05, 0.1) is 19.3 Å². The van der Waals surface area contributed by atoms with Gasteiger partial charge in [-0.2, -0.15) is 0 Å². The summed E-state index contributed by atoms with van der Waals surface area (Å²) in [6.07, 6.45) is 7.38. The molecule has 1 saturated heterocycles. The van der Waals surface area contributed by atoms with Gasteiger partial charge < -0.3 is 4.74 Å². The van der Waals surface area contributed by atoms with Gasteiger partial charge in [-0.3, -0.25) is 14.7 Å². The molecule has 0 N–H and O–H groups in total. The Hall–Kier alpha value is -3.12. The van der Waals surface area contributed by atoms with Crippen LogP contribution >= 0.6 is 0 Å². The fraction of sp³-hybridized carbons (Fsp3) is 0.333. The fourth-order valence-electron chi connectivity index (χ4n) is 4.04. The van der Waals surface area contributed by atoms with Crippen LogP contribution in [0.1, 0.15) is 31.4 Å². The number of carbonyl (C=O) groups excluding carboxylic acids is 1. The minimum Gasteiger partial charge on any atom is -0.497 e. The highest BCUT2D eigenvalue weighted by Gasteiger charge is 2.25. The molecule has 6 nitrogen and oxygen atoms in total. The average Bonchev–Trinajstić information content (AvgIpc) is 2.79. The molecule has 0 atom stereocenters. The van der Waals surface area contributed by atoms with Crippen molar-refractivity contribution in [2.24, 2.45) is 0 Å². The second-order valence-corrected chi connectivity index (χ2v) is 7.71. The second kappa shape index (κ2) is 9.13. The predicted octanol–water partition coefficient (Wildman–Crippen LogP) is 3.98.